The fourth-order valence-corrected chi connectivity index (χ4v) is 3.54. The molecule has 0 amide bonds. The van der Waals surface area contributed by atoms with Gasteiger partial charge in [0.05, 0.1) is 6.20 Å². The van der Waals surface area contributed by atoms with Gasteiger partial charge in [0.25, 0.3) is 0 Å². The van der Waals surface area contributed by atoms with Gasteiger partial charge in [-0.3, -0.25) is 4.90 Å². The van der Waals surface area contributed by atoms with Crippen molar-refractivity contribution in [3.05, 3.63) is 66.6 Å². The standard InChI is InChI=1S/C21H24N4/c1-2-3-10-19-11-7-12-24(19)15-17-13-22-21-20(14-23-25(21)16-17)18-8-5-4-6-9-18/h4-9,11,13-14,16,19H,2-3,10,12,15H2,1H3/t19-/m1/s1. The summed E-state index contributed by atoms with van der Waals surface area (Å²) in [7, 11) is 0. The Morgan fingerprint density at radius 1 is 1.16 bits per heavy atom. The highest BCUT2D eigenvalue weighted by molar-refractivity contribution is 5.76. The van der Waals surface area contributed by atoms with E-state index in [0.717, 1.165) is 29.9 Å². The molecule has 0 bridgehead atoms. The number of rotatable bonds is 6. The van der Waals surface area contributed by atoms with Crippen molar-refractivity contribution in [3.63, 3.8) is 0 Å². The molecule has 25 heavy (non-hydrogen) atoms. The van der Waals surface area contributed by atoms with E-state index >= 15 is 0 Å². The summed E-state index contributed by atoms with van der Waals surface area (Å²) in [6, 6.07) is 10.9. The number of nitrogens with zero attached hydrogens (tertiary/aromatic N) is 4. The molecule has 3 heterocycles. The van der Waals surface area contributed by atoms with Crippen molar-refractivity contribution in [3.8, 4) is 11.1 Å². The van der Waals surface area contributed by atoms with E-state index in [-0.39, 0.29) is 0 Å². The van der Waals surface area contributed by atoms with Crippen LogP contribution in [-0.2, 0) is 6.54 Å². The van der Waals surface area contributed by atoms with Gasteiger partial charge in [-0.1, -0.05) is 62.2 Å². The van der Waals surface area contributed by atoms with Gasteiger partial charge in [0.1, 0.15) is 0 Å². The Morgan fingerprint density at radius 2 is 2.04 bits per heavy atom. The highest BCUT2D eigenvalue weighted by Crippen LogP contribution is 2.24. The molecule has 0 saturated carbocycles. The SMILES string of the molecule is CCCC[C@@H]1C=CCN1Cc1cnc2c(-c3ccccc3)cnn2c1. The van der Waals surface area contributed by atoms with Crippen LogP contribution >= 0.6 is 0 Å². The molecule has 1 atom stereocenters. The van der Waals surface area contributed by atoms with Gasteiger partial charge >= 0.3 is 0 Å². The quantitative estimate of drug-likeness (QED) is 0.630. The number of aromatic nitrogens is 3. The molecule has 0 radical (unpaired) electrons. The molecule has 0 saturated heterocycles. The van der Waals surface area contributed by atoms with E-state index in [4.69, 9.17) is 4.98 Å². The zero-order valence-corrected chi connectivity index (χ0v) is 14.7. The summed E-state index contributed by atoms with van der Waals surface area (Å²) in [6.45, 7) is 4.20. The van der Waals surface area contributed by atoms with Crippen molar-refractivity contribution in [2.45, 2.75) is 38.8 Å². The van der Waals surface area contributed by atoms with Crippen LogP contribution in [0, 0.1) is 0 Å². The van der Waals surface area contributed by atoms with E-state index in [1.54, 1.807) is 0 Å². The molecule has 1 aliphatic heterocycles. The molecule has 128 valence electrons. The van der Waals surface area contributed by atoms with Crippen LogP contribution in [-0.4, -0.2) is 32.1 Å². The van der Waals surface area contributed by atoms with E-state index in [1.165, 1.54) is 24.8 Å². The van der Waals surface area contributed by atoms with Gasteiger partial charge in [-0.15, -0.1) is 0 Å². The molecule has 2 aromatic heterocycles. The van der Waals surface area contributed by atoms with Gasteiger partial charge in [0.2, 0.25) is 0 Å². The Balaban J connectivity index is 1.54. The Kier molecular flexibility index (Phi) is 4.61. The second kappa shape index (κ2) is 7.19. The van der Waals surface area contributed by atoms with Crippen LogP contribution in [0.2, 0.25) is 0 Å². The van der Waals surface area contributed by atoms with Crippen molar-refractivity contribution in [2.75, 3.05) is 6.54 Å². The molecule has 1 aliphatic rings. The van der Waals surface area contributed by atoms with Crippen molar-refractivity contribution in [2.24, 2.45) is 0 Å². The molecular formula is C21H24N4. The predicted octanol–water partition coefficient (Wildman–Crippen LogP) is 4.33. The first kappa shape index (κ1) is 16.0. The molecule has 0 aliphatic carbocycles. The second-order valence-corrected chi connectivity index (χ2v) is 6.72. The van der Waals surface area contributed by atoms with Crippen LogP contribution in [0.4, 0.5) is 0 Å². The van der Waals surface area contributed by atoms with Crippen LogP contribution in [0.5, 0.6) is 0 Å². The molecule has 4 nitrogen and oxygen atoms in total. The molecule has 4 rings (SSSR count). The van der Waals surface area contributed by atoms with Crippen LogP contribution in [0.25, 0.3) is 16.8 Å². The topological polar surface area (TPSA) is 33.4 Å². The van der Waals surface area contributed by atoms with E-state index in [1.807, 2.05) is 35.1 Å². The maximum absolute atomic E-state index is 4.70. The minimum Gasteiger partial charge on any atom is -0.289 e. The van der Waals surface area contributed by atoms with Crippen molar-refractivity contribution in [1.82, 2.24) is 19.5 Å². The lowest BCUT2D eigenvalue weighted by Crippen LogP contribution is -2.29. The highest BCUT2D eigenvalue weighted by Gasteiger charge is 2.19. The predicted molar refractivity (Wildman–Crippen MR) is 101 cm³/mol. The normalized spacial score (nSPS) is 17.6. The number of hydrogen-bond acceptors (Lipinski definition) is 3. The maximum Gasteiger partial charge on any atom is 0.162 e. The molecular weight excluding hydrogens is 308 g/mol. The average Bonchev–Trinajstić information content (AvgIpc) is 3.27. The van der Waals surface area contributed by atoms with Gasteiger partial charge < -0.3 is 0 Å². The minimum atomic E-state index is 0.563. The first-order valence-electron chi connectivity index (χ1n) is 9.13. The van der Waals surface area contributed by atoms with Gasteiger partial charge in [0, 0.05) is 42.7 Å². The van der Waals surface area contributed by atoms with Gasteiger partial charge in [0.15, 0.2) is 5.65 Å². The minimum absolute atomic E-state index is 0.563. The van der Waals surface area contributed by atoms with Crippen LogP contribution in [0.15, 0.2) is 61.1 Å². The van der Waals surface area contributed by atoms with Crippen LogP contribution in [0.3, 0.4) is 0 Å². The van der Waals surface area contributed by atoms with E-state index in [0.29, 0.717) is 6.04 Å². The van der Waals surface area contributed by atoms with E-state index in [9.17, 15) is 0 Å². The number of unbranched alkanes of at least 4 members (excludes halogenated alkanes) is 1. The van der Waals surface area contributed by atoms with Gasteiger partial charge in [-0.25, -0.2) is 9.50 Å². The smallest absolute Gasteiger partial charge is 0.162 e. The van der Waals surface area contributed by atoms with E-state index in [2.05, 4.69) is 47.4 Å². The second-order valence-electron chi connectivity index (χ2n) is 6.72. The molecule has 4 heteroatoms. The number of fused-ring (bicyclic) bond motifs is 1. The largest absolute Gasteiger partial charge is 0.289 e. The van der Waals surface area contributed by atoms with Gasteiger partial charge in [-0.05, 0) is 12.0 Å². The molecule has 0 N–H and O–H groups in total. The Bertz CT molecular complexity index is 866. The summed E-state index contributed by atoms with van der Waals surface area (Å²) in [5.41, 5.74) is 4.36. The summed E-state index contributed by atoms with van der Waals surface area (Å²) >= 11 is 0. The van der Waals surface area contributed by atoms with E-state index < -0.39 is 0 Å². The zero-order valence-electron chi connectivity index (χ0n) is 14.7. The summed E-state index contributed by atoms with van der Waals surface area (Å²) in [5, 5.41) is 4.52. The summed E-state index contributed by atoms with van der Waals surface area (Å²) in [6.07, 6.45) is 14.4. The lowest BCUT2D eigenvalue weighted by Gasteiger charge is -2.24. The molecule has 0 fully saturated rings. The number of benzene rings is 1. The van der Waals surface area contributed by atoms with Crippen molar-refractivity contribution < 1.29 is 0 Å². The third kappa shape index (κ3) is 3.35. The molecule has 0 spiro atoms. The molecule has 3 aromatic rings. The van der Waals surface area contributed by atoms with Crippen LogP contribution in [0.1, 0.15) is 31.7 Å². The Labute approximate surface area is 148 Å². The number of hydrogen-bond donors (Lipinski definition) is 0. The first-order valence-corrected chi connectivity index (χ1v) is 9.13. The monoisotopic (exact) mass is 332 g/mol. The van der Waals surface area contributed by atoms with Crippen molar-refractivity contribution in [1.29, 1.82) is 0 Å². The maximum atomic E-state index is 4.70. The van der Waals surface area contributed by atoms with Crippen LogP contribution < -0.4 is 0 Å². The zero-order chi connectivity index (χ0) is 17.1. The highest BCUT2D eigenvalue weighted by atomic mass is 15.2. The lowest BCUT2D eigenvalue weighted by atomic mass is 10.1. The third-order valence-electron chi connectivity index (χ3n) is 4.90. The molecule has 0 unspecified atom stereocenters. The fraction of sp³-hybridized carbons (Fsp3) is 0.333. The average molecular weight is 332 g/mol. The first-order chi connectivity index (χ1) is 12.3. The summed E-state index contributed by atoms with van der Waals surface area (Å²) in [5.74, 6) is 0. The third-order valence-corrected chi connectivity index (χ3v) is 4.90. The lowest BCUT2D eigenvalue weighted by molar-refractivity contribution is 0.249. The van der Waals surface area contributed by atoms with Gasteiger partial charge in [-0.2, -0.15) is 5.10 Å². The fourth-order valence-electron chi connectivity index (χ4n) is 3.54. The summed E-state index contributed by atoms with van der Waals surface area (Å²) in [4.78, 5) is 7.21. The Morgan fingerprint density at radius 3 is 2.88 bits per heavy atom. The summed E-state index contributed by atoms with van der Waals surface area (Å²) < 4.78 is 1.90. The van der Waals surface area contributed by atoms with Crippen molar-refractivity contribution >= 4 is 5.65 Å². The molecule has 1 aromatic carbocycles. The Hall–Kier alpha value is -2.46.